The van der Waals surface area contributed by atoms with Gasteiger partial charge in [-0.1, -0.05) is 72.8 Å². The average molecular weight is 343 g/mol. The maximum absolute atomic E-state index is 13.0. The summed E-state index contributed by atoms with van der Waals surface area (Å²) in [5.74, 6) is 0.874. The number of β-lactam (4-membered cyclic amide) rings is 1. The van der Waals surface area contributed by atoms with Gasteiger partial charge in [0.1, 0.15) is 5.75 Å². The lowest BCUT2D eigenvalue weighted by atomic mass is 9.77. The second-order valence-corrected chi connectivity index (χ2v) is 6.56. The van der Waals surface area contributed by atoms with E-state index in [2.05, 4.69) is 24.3 Å². The number of benzene rings is 3. The molecule has 1 amide bonds. The van der Waals surface area contributed by atoms with Crippen LogP contribution < -0.4 is 4.74 Å². The summed E-state index contributed by atoms with van der Waals surface area (Å²) in [4.78, 5) is 14.9. The number of rotatable bonds is 5. The van der Waals surface area contributed by atoms with Crippen molar-refractivity contribution >= 4 is 5.91 Å². The van der Waals surface area contributed by atoms with Crippen molar-refractivity contribution in [3.63, 3.8) is 0 Å². The lowest BCUT2D eigenvalue weighted by Crippen LogP contribution is -2.52. The molecule has 1 saturated heterocycles. The number of carbonyl (C=O) groups is 1. The zero-order valence-corrected chi connectivity index (χ0v) is 14.7. The van der Waals surface area contributed by atoms with E-state index in [0.29, 0.717) is 6.54 Å². The van der Waals surface area contributed by atoms with Crippen molar-refractivity contribution in [2.75, 3.05) is 7.11 Å². The highest BCUT2D eigenvalue weighted by atomic mass is 16.5. The van der Waals surface area contributed by atoms with E-state index in [0.717, 1.165) is 22.4 Å². The Bertz CT molecular complexity index is 875. The highest BCUT2D eigenvalue weighted by Crippen LogP contribution is 2.47. The summed E-state index contributed by atoms with van der Waals surface area (Å²) in [5.41, 5.74) is 3.35. The largest absolute Gasteiger partial charge is 0.497 e. The summed E-state index contributed by atoms with van der Waals surface area (Å²) >= 11 is 0. The molecule has 3 heteroatoms. The van der Waals surface area contributed by atoms with E-state index >= 15 is 0 Å². The van der Waals surface area contributed by atoms with Crippen LogP contribution in [0.4, 0.5) is 0 Å². The Hall–Kier alpha value is -3.07. The molecular weight excluding hydrogens is 322 g/mol. The van der Waals surface area contributed by atoms with E-state index in [1.54, 1.807) is 7.11 Å². The summed E-state index contributed by atoms with van der Waals surface area (Å²) in [7, 11) is 1.66. The molecule has 1 fully saturated rings. The monoisotopic (exact) mass is 343 g/mol. The van der Waals surface area contributed by atoms with Gasteiger partial charge < -0.3 is 9.64 Å². The number of nitrogens with zero attached hydrogens (tertiary/aromatic N) is 1. The molecule has 0 N–H and O–H groups in total. The van der Waals surface area contributed by atoms with Gasteiger partial charge in [-0.05, 0) is 28.8 Å². The third kappa shape index (κ3) is 2.97. The SMILES string of the molecule is COc1ccc(C2C(c3ccccc3)C(=O)N2Cc2ccccc2)cc1. The first-order valence-electron chi connectivity index (χ1n) is 8.81. The van der Waals surface area contributed by atoms with Crippen LogP contribution in [-0.2, 0) is 11.3 Å². The summed E-state index contributed by atoms with van der Waals surface area (Å²) in [6.07, 6.45) is 0. The van der Waals surface area contributed by atoms with Crippen molar-refractivity contribution in [1.82, 2.24) is 4.90 Å². The average Bonchev–Trinajstić information content (AvgIpc) is 2.71. The normalized spacial score (nSPS) is 19.1. The van der Waals surface area contributed by atoms with Gasteiger partial charge in [0.15, 0.2) is 0 Å². The summed E-state index contributed by atoms with van der Waals surface area (Å²) in [6.45, 7) is 0.625. The molecule has 0 radical (unpaired) electrons. The van der Waals surface area contributed by atoms with Gasteiger partial charge in [0.2, 0.25) is 5.91 Å². The first kappa shape index (κ1) is 16.4. The second kappa shape index (κ2) is 7.04. The third-order valence-electron chi connectivity index (χ3n) is 5.01. The fourth-order valence-corrected chi connectivity index (χ4v) is 3.66. The Labute approximate surface area is 153 Å². The zero-order valence-electron chi connectivity index (χ0n) is 14.7. The van der Waals surface area contributed by atoms with Crippen LogP contribution in [0.1, 0.15) is 28.7 Å². The molecule has 1 aliphatic rings. The number of ether oxygens (including phenoxy) is 1. The number of hydrogen-bond donors (Lipinski definition) is 0. The smallest absolute Gasteiger partial charge is 0.233 e. The summed E-state index contributed by atoms with van der Waals surface area (Å²) in [5, 5.41) is 0. The van der Waals surface area contributed by atoms with Gasteiger partial charge >= 0.3 is 0 Å². The van der Waals surface area contributed by atoms with Gasteiger partial charge in [0.05, 0.1) is 19.1 Å². The van der Waals surface area contributed by atoms with Crippen molar-refractivity contribution < 1.29 is 9.53 Å². The van der Waals surface area contributed by atoms with Gasteiger partial charge in [-0.15, -0.1) is 0 Å². The lowest BCUT2D eigenvalue weighted by Gasteiger charge is -2.48. The molecule has 2 atom stereocenters. The van der Waals surface area contributed by atoms with E-state index in [1.807, 2.05) is 65.6 Å². The molecule has 0 aromatic heterocycles. The highest BCUT2D eigenvalue weighted by Gasteiger charge is 2.48. The zero-order chi connectivity index (χ0) is 17.9. The maximum Gasteiger partial charge on any atom is 0.233 e. The summed E-state index contributed by atoms with van der Waals surface area (Å²) < 4.78 is 5.28. The van der Waals surface area contributed by atoms with Crippen LogP contribution in [0.15, 0.2) is 84.9 Å². The number of methoxy groups -OCH3 is 1. The molecule has 26 heavy (non-hydrogen) atoms. The van der Waals surface area contributed by atoms with Gasteiger partial charge in [-0.25, -0.2) is 0 Å². The van der Waals surface area contributed by atoms with Crippen molar-refractivity contribution in [2.24, 2.45) is 0 Å². The Morgan fingerprint density at radius 2 is 1.42 bits per heavy atom. The van der Waals surface area contributed by atoms with E-state index in [1.165, 1.54) is 0 Å². The second-order valence-electron chi connectivity index (χ2n) is 6.56. The molecule has 0 bridgehead atoms. The van der Waals surface area contributed by atoms with Crippen molar-refractivity contribution in [3.05, 3.63) is 102 Å². The van der Waals surface area contributed by atoms with E-state index < -0.39 is 0 Å². The number of likely N-dealkylation sites (tertiary alicyclic amines) is 1. The fourth-order valence-electron chi connectivity index (χ4n) is 3.66. The molecule has 3 aromatic carbocycles. The minimum atomic E-state index is -0.131. The van der Waals surface area contributed by atoms with Gasteiger partial charge in [-0.3, -0.25) is 4.79 Å². The number of amides is 1. The Morgan fingerprint density at radius 1 is 0.808 bits per heavy atom. The first-order valence-corrected chi connectivity index (χ1v) is 8.81. The quantitative estimate of drug-likeness (QED) is 0.636. The van der Waals surface area contributed by atoms with Gasteiger partial charge in [0.25, 0.3) is 0 Å². The number of hydrogen-bond acceptors (Lipinski definition) is 2. The maximum atomic E-state index is 13.0. The van der Waals surface area contributed by atoms with E-state index in [4.69, 9.17) is 4.74 Å². The van der Waals surface area contributed by atoms with Crippen LogP contribution >= 0.6 is 0 Å². The van der Waals surface area contributed by atoms with Crippen molar-refractivity contribution in [2.45, 2.75) is 18.5 Å². The molecule has 130 valence electrons. The molecular formula is C23H21NO2. The molecule has 4 rings (SSSR count). The van der Waals surface area contributed by atoms with E-state index in [9.17, 15) is 4.79 Å². The Kier molecular flexibility index (Phi) is 4.44. The predicted octanol–water partition coefficient (Wildman–Crippen LogP) is 4.56. The minimum Gasteiger partial charge on any atom is -0.497 e. The molecule has 0 spiro atoms. The standard InChI is InChI=1S/C23H21NO2/c1-26-20-14-12-19(13-15-20)22-21(18-10-6-3-7-11-18)23(25)24(22)16-17-8-4-2-5-9-17/h2-15,21-22H,16H2,1H3. The third-order valence-corrected chi connectivity index (χ3v) is 5.01. The van der Waals surface area contributed by atoms with Gasteiger partial charge in [-0.2, -0.15) is 0 Å². The van der Waals surface area contributed by atoms with Crippen molar-refractivity contribution in [3.8, 4) is 5.75 Å². The Morgan fingerprint density at radius 3 is 2.04 bits per heavy atom. The van der Waals surface area contributed by atoms with Crippen LogP contribution in [0.5, 0.6) is 5.75 Å². The highest BCUT2D eigenvalue weighted by molar-refractivity contribution is 5.91. The van der Waals surface area contributed by atoms with Gasteiger partial charge in [0, 0.05) is 6.54 Å². The molecule has 0 aliphatic carbocycles. The molecule has 3 aromatic rings. The van der Waals surface area contributed by atoms with Crippen LogP contribution in [0.25, 0.3) is 0 Å². The minimum absolute atomic E-state index is 0.0380. The van der Waals surface area contributed by atoms with Crippen LogP contribution in [0.2, 0.25) is 0 Å². The van der Waals surface area contributed by atoms with Crippen LogP contribution in [0, 0.1) is 0 Å². The number of carbonyl (C=O) groups excluding carboxylic acids is 1. The van der Waals surface area contributed by atoms with Crippen molar-refractivity contribution in [1.29, 1.82) is 0 Å². The van der Waals surface area contributed by atoms with Crippen LogP contribution in [-0.4, -0.2) is 17.9 Å². The van der Waals surface area contributed by atoms with E-state index in [-0.39, 0.29) is 17.9 Å². The fraction of sp³-hybridized carbons (Fsp3) is 0.174. The molecule has 1 aliphatic heterocycles. The molecule has 2 unspecified atom stereocenters. The predicted molar refractivity (Wildman–Crippen MR) is 102 cm³/mol. The molecule has 1 heterocycles. The molecule has 0 saturated carbocycles. The Balaban J connectivity index is 1.67. The summed E-state index contributed by atoms with van der Waals surface area (Å²) in [6, 6.07) is 28.3. The topological polar surface area (TPSA) is 29.5 Å². The lowest BCUT2D eigenvalue weighted by molar-refractivity contribution is -0.151. The van der Waals surface area contributed by atoms with Crippen LogP contribution in [0.3, 0.4) is 0 Å². The molecule has 3 nitrogen and oxygen atoms in total. The first-order chi connectivity index (χ1) is 12.8.